The number of imidazole rings is 1. The number of nitrogens with one attached hydrogen (secondary N) is 1. The minimum absolute atomic E-state index is 0.286. The van der Waals surface area contributed by atoms with Gasteiger partial charge in [0, 0.05) is 16.9 Å². The molecule has 0 radical (unpaired) electrons. The minimum atomic E-state index is 0.286. The molecule has 130 valence electrons. The van der Waals surface area contributed by atoms with E-state index >= 15 is 0 Å². The average molecular weight is 345 g/mol. The van der Waals surface area contributed by atoms with Crippen LogP contribution in [0.5, 0.6) is 11.5 Å². The number of rotatable bonds is 5. The first-order chi connectivity index (χ1) is 12.7. The number of phenolic OH excluding ortho intramolecular Hbond substituents is 1. The number of hydrogen-bond donors (Lipinski definition) is 2. The number of benzene rings is 3. The number of nitrogens with zero attached hydrogens (tertiary/aromatic N) is 2. The molecule has 4 rings (SSSR count). The van der Waals surface area contributed by atoms with Crippen molar-refractivity contribution < 1.29 is 9.84 Å². The summed E-state index contributed by atoms with van der Waals surface area (Å²) in [5.74, 6) is 1.09. The lowest BCUT2D eigenvalue weighted by molar-refractivity contribution is 0.415. The van der Waals surface area contributed by atoms with E-state index in [0.29, 0.717) is 6.54 Å². The van der Waals surface area contributed by atoms with Crippen LogP contribution in [0.2, 0.25) is 0 Å². The van der Waals surface area contributed by atoms with Gasteiger partial charge in [0.1, 0.15) is 11.5 Å². The van der Waals surface area contributed by atoms with Crippen LogP contribution < -0.4 is 9.64 Å². The second kappa shape index (κ2) is 6.80. The third-order valence-corrected chi connectivity index (χ3v) is 4.42. The van der Waals surface area contributed by atoms with E-state index in [1.807, 2.05) is 54.6 Å². The first kappa shape index (κ1) is 16.0. The molecule has 0 amide bonds. The number of ether oxygens (including phenoxy) is 1. The molecule has 0 aliphatic rings. The summed E-state index contributed by atoms with van der Waals surface area (Å²) >= 11 is 0. The van der Waals surface area contributed by atoms with Gasteiger partial charge in [-0.1, -0.05) is 18.2 Å². The summed E-state index contributed by atoms with van der Waals surface area (Å²) in [6.07, 6.45) is 1.69. The van der Waals surface area contributed by atoms with Gasteiger partial charge in [-0.15, -0.1) is 0 Å². The van der Waals surface area contributed by atoms with Gasteiger partial charge in [0.15, 0.2) is 0 Å². The van der Waals surface area contributed by atoms with Gasteiger partial charge in [0.05, 0.1) is 31.0 Å². The van der Waals surface area contributed by atoms with Gasteiger partial charge < -0.3 is 19.7 Å². The first-order valence-electron chi connectivity index (χ1n) is 8.36. The van der Waals surface area contributed by atoms with Gasteiger partial charge in [-0.25, -0.2) is 4.98 Å². The van der Waals surface area contributed by atoms with Crippen LogP contribution in [0.1, 0.15) is 5.56 Å². The molecule has 0 aliphatic carbocycles. The highest BCUT2D eigenvalue weighted by atomic mass is 16.5. The normalized spacial score (nSPS) is 10.8. The molecule has 0 spiro atoms. The number of aromatic amines is 1. The van der Waals surface area contributed by atoms with Crippen molar-refractivity contribution in [3.63, 3.8) is 0 Å². The summed E-state index contributed by atoms with van der Waals surface area (Å²) < 4.78 is 5.27. The average Bonchev–Trinajstić information content (AvgIpc) is 3.15. The van der Waals surface area contributed by atoms with Crippen LogP contribution in [0.3, 0.4) is 0 Å². The van der Waals surface area contributed by atoms with Crippen LogP contribution in [0.15, 0.2) is 73.1 Å². The molecule has 0 aliphatic heterocycles. The lowest BCUT2D eigenvalue weighted by Crippen LogP contribution is -2.16. The molecule has 2 N–H and O–H groups in total. The number of H-pyrrole nitrogens is 1. The fourth-order valence-electron chi connectivity index (χ4n) is 3.00. The Kier molecular flexibility index (Phi) is 4.19. The molecule has 5 nitrogen and oxygen atoms in total. The zero-order chi connectivity index (χ0) is 17.9. The number of hydrogen-bond acceptors (Lipinski definition) is 4. The maximum absolute atomic E-state index is 10.2. The monoisotopic (exact) mass is 345 g/mol. The van der Waals surface area contributed by atoms with Crippen LogP contribution in [0, 0.1) is 0 Å². The molecule has 4 aromatic rings. The summed E-state index contributed by atoms with van der Waals surface area (Å²) in [6.45, 7) is 0.540. The highest BCUT2D eigenvalue weighted by Crippen LogP contribution is 2.32. The Hall–Kier alpha value is -3.47. The molecule has 0 saturated carbocycles. The number of fused-ring (bicyclic) bond motifs is 1. The number of anilines is 2. The molecule has 0 atom stereocenters. The van der Waals surface area contributed by atoms with Crippen LogP contribution in [-0.4, -0.2) is 22.2 Å². The van der Waals surface area contributed by atoms with Crippen molar-refractivity contribution in [3.8, 4) is 11.5 Å². The van der Waals surface area contributed by atoms with Gasteiger partial charge in [-0.3, -0.25) is 0 Å². The van der Waals surface area contributed by atoms with Crippen molar-refractivity contribution in [3.05, 3.63) is 78.6 Å². The lowest BCUT2D eigenvalue weighted by Gasteiger charge is -2.26. The number of phenols is 1. The van der Waals surface area contributed by atoms with Crippen molar-refractivity contribution >= 4 is 22.4 Å². The van der Waals surface area contributed by atoms with E-state index in [1.54, 1.807) is 19.5 Å². The highest BCUT2D eigenvalue weighted by molar-refractivity contribution is 5.81. The van der Waals surface area contributed by atoms with E-state index in [-0.39, 0.29) is 5.75 Å². The summed E-state index contributed by atoms with van der Waals surface area (Å²) in [7, 11) is 1.65. The maximum Gasteiger partial charge on any atom is 0.120 e. The second-order valence-corrected chi connectivity index (χ2v) is 6.02. The summed E-state index contributed by atoms with van der Waals surface area (Å²) in [6, 6.07) is 21.4. The minimum Gasteiger partial charge on any atom is -0.508 e. The predicted octanol–water partition coefficient (Wildman–Crippen LogP) is 4.62. The van der Waals surface area contributed by atoms with Gasteiger partial charge in [-0.05, 0) is 48.5 Å². The summed E-state index contributed by atoms with van der Waals surface area (Å²) in [5, 5.41) is 10.2. The molecule has 3 aromatic carbocycles. The standard InChI is InChI=1S/C21H19N3O2/c1-26-18-9-6-16(7-10-18)24(13-15-4-2-3-5-21(15)25)17-8-11-19-20(12-17)23-14-22-19/h2-12,14,25H,13H2,1H3,(H,22,23). The summed E-state index contributed by atoms with van der Waals surface area (Å²) in [4.78, 5) is 9.58. The quantitative estimate of drug-likeness (QED) is 0.554. The van der Waals surface area contributed by atoms with Crippen molar-refractivity contribution in [2.24, 2.45) is 0 Å². The first-order valence-corrected chi connectivity index (χ1v) is 8.36. The molecule has 0 bridgehead atoms. The number of aromatic nitrogens is 2. The molecule has 1 heterocycles. The zero-order valence-electron chi connectivity index (χ0n) is 14.4. The zero-order valence-corrected chi connectivity index (χ0v) is 14.4. The molecular formula is C21H19N3O2. The Morgan fingerprint density at radius 3 is 2.54 bits per heavy atom. The Morgan fingerprint density at radius 1 is 1.00 bits per heavy atom. The SMILES string of the molecule is COc1ccc(N(Cc2ccccc2O)c2ccc3nc[nH]c3c2)cc1. The number of aromatic hydroxyl groups is 1. The molecule has 5 heteroatoms. The van der Waals surface area contributed by atoms with E-state index in [9.17, 15) is 5.11 Å². The van der Waals surface area contributed by atoms with E-state index in [4.69, 9.17) is 4.74 Å². The Bertz CT molecular complexity index is 1020. The lowest BCUT2D eigenvalue weighted by atomic mass is 10.1. The fraction of sp³-hybridized carbons (Fsp3) is 0.0952. The van der Waals surface area contributed by atoms with Crippen LogP contribution in [0.25, 0.3) is 11.0 Å². The molecule has 0 saturated heterocycles. The van der Waals surface area contributed by atoms with Crippen LogP contribution in [-0.2, 0) is 6.54 Å². The second-order valence-electron chi connectivity index (χ2n) is 6.02. The predicted molar refractivity (Wildman–Crippen MR) is 103 cm³/mol. The van der Waals surface area contributed by atoms with Gasteiger partial charge in [0.25, 0.3) is 0 Å². The van der Waals surface area contributed by atoms with Gasteiger partial charge in [0.2, 0.25) is 0 Å². The maximum atomic E-state index is 10.2. The van der Waals surface area contributed by atoms with Gasteiger partial charge in [-0.2, -0.15) is 0 Å². The molecule has 1 aromatic heterocycles. The van der Waals surface area contributed by atoms with E-state index in [2.05, 4.69) is 20.9 Å². The highest BCUT2D eigenvalue weighted by Gasteiger charge is 2.13. The smallest absolute Gasteiger partial charge is 0.120 e. The third kappa shape index (κ3) is 3.07. The Balaban J connectivity index is 1.78. The van der Waals surface area contributed by atoms with E-state index in [0.717, 1.165) is 33.7 Å². The van der Waals surface area contributed by atoms with Crippen molar-refractivity contribution in [2.45, 2.75) is 6.54 Å². The van der Waals surface area contributed by atoms with Crippen LogP contribution >= 0.6 is 0 Å². The molecule has 26 heavy (non-hydrogen) atoms. The molecule has 0 fully saturated rings. The van der Waals surface area contributed by atoms with Crippen molar-refractivity contribution in [1.82, 2.24) is 9.97 Å². The third-order valence-electron chi connectivity index (χ3n) is 4.42. The topological polar surface area (TPSA) is 61.4 Å². The molecule has 0 unspecified atom stereocenters. The van der Waals surface area contributed by atoms with E-state index in [1.165, 1.54) is 0 Å². The van der Waals surface area contributed by atoms with Crippen molar-refractivity contribution in [2.75, 3.05) is 12.0 Å². The number of methoxy groups -OCH3 is 1. The Labute approximate surface area is 151 Å². The van der Waals surface area contributed by atoms with E-state index < -0.39 is 0 Å². The summed E-state index contributed by atoms with van der Waals surface area (Å²) in [5.41, 5.74) is 4.76. The van der Waals surface area contributed by atoms with Crippen molar-refractivity contribution in [1.29, 1.82) is 0 Å². The van der Waals surface area contributed by atoms with Crippen LogP contribution in [0.4, 0.5) is 11.4 Å². The largest absolute Gasteiger partial charge is 0.508 e. The molecular weight excluding hydrogens is 326 g/mol. The van der Waals surface area contributed by atoms with Gasteiger partial charge >= 0.3 is 0 Å². The Morgan fingerprint density at radius 2 is 1.77 bits per heavy atom. The number of para-hydroxylation sites is 1. The fourth-order valence-corrected chi connectivity index (χ4v) is 3.00.